The lowest BCUT2D eigenvalue weighted by Crippen LogP contribution is -2.31. The summed E-state index contributed by atoms with van der Waals surface area (Å²) >= 11 is 3.46. The van der Waals surface area contributed by atoms with Crippen molar-refractivity contribution in [1.29, 1.82) is 10.5 Å². The average molecular weight is 328 g/mol. The largest absolute Gasteiger partial charge is 0.312 e. The number of amides is 1. The van der Waals surface area contributed by atoms with E-state index in [0.717, 1.165) is 15.2 Å². The summed E-state index contributed by atoms with van der Waals surface area (Å²) in [6, 6.07) is 14.9. The van der Waals surface area contributed by atoms with Crippen LogP contribution >= 0.6 is 15.9 Å². The summed E-state index contributed by atoms with van der Waals surface area (Å²) in [5.41, 5.74) is 0.473. The monoisotopic (exact) mass is 327 g/mol. The first-order valence-corrected chi connectivity index (χ1v) is 6.68. The molecule has 0 spiro atoms. The number of fused-ring (bicyclic) bond motifs is 1. The predicted molar refractivity (Wildman–Crippen MR) is 78.8 cm³/mol. The molecule has 2 aromatic carbocycles. The fraction of sp³-hybridized carbons (Fsp3) is 0.133. The lowest BCUT2D eigenvalue weighted by molar-refractivity contribution is 0.0795. The van der Waals surface area contributed by atoms with Crippen LogP contribution < -0.4 is 0 Å². The summed E-state index contributed by atoms with van der Waals surface area (Å²) in [6.07, 6.45) is 0. The molecule has 0 radical (unpaired) electrons. The van der Waals surface area contributed by atoms with Gasteiger partial charge in [-0.05, 0) is 29.0 Å². The zero-order valence-corrected chi connectivity index (χ0v) is 12.1. The van der Waals surface area contributed by atoms with Crippen molar-refractivity contribution in [3.63, 3.8) is 0 Å². The molecule has 0 aliphatic rings. The Morgan fingerprint density at radius 3 is 2.50 bits per heavy atom. The van der Waals surface area contributed by atoms with E-state index < -0.39 is 0 Å². The summed E-state index contributed by atoms with van der Waals surface area (Å²) in [4.78, 5) is 13.5. The third-order valence-corrected chi connectivity index (χ3v) is 3.58. The van der Waals surface area contributed by atoms with Crippen molar-refractivity contribution < 1.29 is 4.79 Å². The Bertz CT molecular complexity index is 727. The average Bonchev–Trinajstić information content (AvgIpc) is 2.46. The highest BCUT2D eigenvalue weighted by Crippen LogP contribution is 2.25. The minimum Gasteiger partial charge on any atom is -0.312 e. The van der Waals surface area contributed by atoms with Gasteiger partial charge in [-0.15, -0.1) is 0 Å². The van der Waals surface area contributed by atoms with Crippen molar-refractivity contribution in [2.45, 2.75) is 0 Å². The van der Waals surface area contributed by atoms with Crippen LogP contribution in [0.2, 0.25) is 0 Å². The molecule has 20 heavy (non-hydrogen) atoms. The summed E-state index contributed by atoms with van der Waals surface area (Å²) < 4.78 is 0.958. The lowest BCUT2D eigenvalue weighted by Gasteiger charge is -2.16. The number of benzene rings is 2. The normalized spacial score (nSPS) is 9.75. The van der Waals surface area contributed by atoms with Crippen molar-refractivity contribution in [2.75, 3.05) is 13.1 Å². The molecule has 0 aliphatic heterocycles. The minimum absolute atomic E-state index is 0.0943. The molecule has 0 aromatic heterocycles. The second-order valence-corrected chi connectivity index (χ2v) is 5.01. The van der Waals surface area contributed by atoms with Crippen molar-refractivity contribution in [2.24, 2.45) is 0 Å². The van der Waals surface area contributed by atoms with Gasteiger partial charge < -0.3 is 4.90 Å². The van der Waals surface area contributed by atoms with Gasteiger partial charge in [-0.1, -0.05) is 34.1 Å². The molecule has 0 unspecified atom stereocenters. The quantitative estimate of drug-likeness (QED) is 0.813. The van der Waals surface area contributed by atoms with Gasteiger partial charge in [0.1, 0.15) is 13.1 Å². The zero-order valence-electron chi connectivity index (χ0n) is 10.5. The number of carbonyl (C=O) groups is 1. The molecular weight excluding hydrogens is 318 g/mol. The van der Waals surface area contributed by atoms with Gasteiger partial charge in [0.15, 0.2) is 0 Å². The Morgan fingerprint density at radius 1 is 1.15 bits per heavy atom. The number of hydrogen-bond donors (Lipinski definition) is 0. The van der Waals surface area contributed by atoms with Crippen LogP contribution in [0.3, 0.4) is 0 Å². The molecule has 0 bridgehead atoms. The first-order chi connectivity index (χ1) is 9.67. The van der Waals surface area contributed by atoms with Gasteiger partial charge in [-0.3, -0.25) is 4.79 Å². The summed E-state index contributed by atoms with van der Waals surface area (Å²) in [7, 11) is 0. The Kier molecular flexibility index (Phi) is 4.34. The smallest absolute Gasteiger partial charge is 0.255 e. The SMILES string of the molecule is N#CCN(CC#N)C(=O)c1ccc2c(Br)cccc2c1. The molecule has 0 atom stereocenters. The van der Waals surface area contributed by atoms with Crippen LogP contribution in [-0.2, 0) is 0 Å². The predicted octanol–water partition coefficient (Wildman–Crippen LogP) is 3.09. The molecular formula is C15H10BrN3O. The molecule has 2 aromatic rings. The molecule has 4 nitrogen and oxygen atoms in total. The second-order valence-electron chi connectivity index (χ2n) is 4.15. The van der Waals surface area contributed by atoms with E-state index in [1.165, 1.54) is 4.90 Å². The third-order valence-electron chi connectivity index (χ3n) is 2.88. The number of nitrogens with zero attached hydrogens (tertiary/aromatic N) is 3. The standard InChI is InChI=1S/C15H10BrN3O/c16-14-3-1-2-11-10-12(4-5-13(11)14)15(20)19(8-6-17)9-7-18/h1-5,10H,8-9H2. The Hall–Kier alpha value is -2.37. The van der Waals surface area contributed by atoms with E-state index in [-0.39, 0.29) is 19.0 Å². The van der Waals surface area contributed by atoms with E-state index in [2.05, 4.69) is 15.9 Å². The molecule has 2 rings (SSSR count). The summed E-state index contributed by atoms with van der Waals surface area (Å²) in [5, 5.41) is 19.4. The van der Waals surface area contributed by atoms with E-state index in [0.29, 0.717) is 5.56 Å². The summed E-state index contributed by atoms with van der Waals surface area (Å²) in [5.74, 6) is -0.310. The number of carbonyl (C=O) groups excluding carboxylic acids is 1. The van der Waals surface area contributed by atoms with Crippen LogP contribution in [0.15, 0.2) is 40.9 Å². The highest BCUT2D eigenvalue weighted by atomic mass is 79.9. The molecule has 0 fully saturated rings. The maximum absolute atomic E-state index is 12.3. The van der Waals surface area contributed by atoms with Crippen LogP contribution in [0.4, 0.5) is 0 Å². The van der Waals surface area contributed by atoms with Crippen LogP contribution in [-0.4, -0.2) is 23.9 Å². The molecule has 1 amide bonds. The number of nitriles is 2. The fourth-order valence-electron chi connectivity index (χ4n) is 1.93. The van der Waals surface area contributed by atoms with Crippen molar-refractivity contribution in [1.82, 2.24) is 4.90 Å². The van der Waals surface area contributed by atoms with Crippen LogP contribution in [0.25, 0.3) is 10.8 Å². The Labute approximate surface area is 125 Å². The lowest BCUT2D eigenvalue weighted by atomic mass is 10.1. The van der Waals surface area contributed by atoms with Gasteiger partial charge >= 0.3 is 0 Å². The Balaban J connectivity index is 2.40. The fourth-order valence-corrected chi connectivity index (χ4v) is 2.44. The van der Waals surface area contributed by atoms with Crippen LogP contribution in [0.5, 0.6) is 0 Å². The number of hydrogen-bond acceptors (Lipinski definition) is 3. The molecule has 0 aliphatic carbocycles. The molecule has 5 heteroatoms. The molecule has 0 N–H and O–H groups in total. The molecule has 0 heterocycles. The first-order valence-electron chi connectivity index (χ1n) is 5.89. The van der Waals surface area contributed by atoms with Gasteiger partial charge in [0.25, 0.3) is 5.91 Å². The van der Waals surface area contributed by atoms with Gasteiger partial charge in [0.2, 0.25) is 0 Å². The second kappa shape index (κ2) is 6.18. The third kappa shape index (κ3) is 2.79. The van der Waals surface area contributed by atoms with Gasteiger partial charge in [-0.25, -0.2) is 0 Å². The van der Waals surface area contributed by atoms with Crippen LogP contribution in [0.1, 0.15) is 10.4 Å². The van der Waals surface area contributed by atoms with E-state index in [9.17, 15) is 4.79 Å². The van der Waals surface area contributed by atoms with Gasteiger partial charge in [-0.2, -0.15) is 10.5 Å². The zero-order chi connectivity index (χ0) is 14.5. The van der Waals surface area contributed by atoms with Crippen LogP contribution in [0, 0.1) is 22.7 Å². The van der Waals surface area contributed by atoms with Crippen molar-refractivity contribution in [3.8, 4) is 12.1 Å². The molecule has 0 saturated carbocycles. The molecule has 98 valence electrons. The highest BCUT2D eigenvalue weighted by Gasteiger charge is 2.15. The number of halogens is 1. The van der Waals surface area contributed by atoms with E-state index in [1.54, 1.807) is 12.1 Å². The maximum Gasteiger partial charge on any atom is 0.255 e. The summed E-state index contributed by atoms with van der Waals surface area (Å²) in [6.45, 7) is -0.189. The van der Waals surface area contributed by atoms with E-state index in [1.807, 2.05) is 36.4 Å². The maximum atomic E-state index is 12.3. The van der Waals surface area contributed by atoms with E-state index >= 15 is 0 Å². The minimum atomic E-state index is -0.310. The van der Waals surface area contributed by atoms with Crippen molar-refractivity contribution in [3.05, 3.63) is 46.4 Å². The molecule has 0 saturated heterocycles. The Morgan fingerprint density at radius 2 is 1.85 bits per heavy atom. The number of rotatable bonds is 3. The topological polar surface area (TPSA) is 67.9 Å². The van der Waals surface area contributed by atoms with Gasteiger partial charge in [0.05, 0.1) is 12.1 Å². The van der Waals surface area contributed by atoms with Crippen molar-refractivity contribution >= 4 is 32.6 Å². The van der Waals surface area contributed by atoms with Gasteiger partial charge in [0, 0.05) is 10.0 Å². The highest BCUT2D eigenvalue weighted by molar-refractivity contribution is 9.10. The first kappa shape index (κ1) is 14.0. The van der Waals surface area contributed by atoms with E-state index in [4.69, 9.17) is 10.5 Å².